The molecule has 0 saturated heterocycles. The maximum Gasteiger partial charge on any atom is 0.323 e. The number of methoxy groups -OCH3 is 1. The van der Waals surface area contributed by atoms with E-state index in [0.717, 1.165) is 4.88 Å². The summed E-state index contributed by atoms with van der Waals surface area (Å²) >= 11 is 1.54. The molecule has 0 bridgehead atoms. The van der Waals surface area contributed by atoms with E-state index in [9.17, 15) is 14.9 Å². The van der Waals surface area contributed by atoms with E-state index in [4.69, 9.17) is 4.74 Å². The number of carbonyl (C=O) groups excluding carboxylic acids is 1. The Labute approximate surface area is 131 Å². The minimum Gasteiger partial charge on any atom is -0.490 e. The molecule has 2 rings (SSSR count). The first-order valence-corrected chi connectivity index (χ1v) is 7.62. The fourth-order valence-corrected chi connectivity index (χ4v) is 3.02. The minimum atomic E-state index is -0.597. The van der Waals surface area contributed by atoms with Crippen LogP contribution in [0.3, 0.4) is 0 Å². The molecule has 1 N–H and O–H groups in total. The highest BCUT2D eigenvalue weighted by Crippen LogP contribution is 2.31. The number of carbonyl (C=O) groups is 1. The Morgan fingerprint density at radius 2 is 2.18 bits per heavy atom. The van der Waals surface area contributed by atoms with E-state index in [1.54, 1.807) is 6.07 Å². The Balaban J connectivity index is 2.31. The second-order valence-electron chi connectivity index (χ2n) is 4.56. The number of hydrogen-bond acceptors (Lipinski definition) is 5. The third-order valence-electron chi connectivity index (χ3n) is 3.25. The number of para-hydroxylation sites is 1. The van der Waals surface area contributed by atoms with Gasteiger partial charge in [0.2, 0.25) is 0 Å². The van der Waals surface area contributed by atoms with E-state index in [1.165, 1.54) is 30.6 Å². The molecule has 0 radical (unpaired) electrons. The highest BCUT2D eigenvalue weighted by atomic mass is 32.1. The molecule has 0 aliphatic carbocycles. The van der Waals surface area contributed by atoms with Crippen molar-refractivity contribution in [3.05, 3.63) is 56.3 Å². The fraction of sp³-hybridized carbons (Fsp3) is 0.267. The third kappa shape index (κ3) is 3.25. The Hall–Kier alpha value is -2.41. The van der Waals surface area contributed by atoms with E-state index < -0.39 is 10.8 Å². The van der Waals surface area contributed by atoms with Crippen LogP contribution in [0.1, 0.15) is 34.6 Å². The van der Waals surface area contributed by atoms with Gasteiger partial charge >= 0.3 is 5.69 Å². The van der Waals surface area contributed by atoms with Crippen LogP contribution in [0.2, 0.25) is 0 Å². The average Bonchev–Trinajstić information content (AvgIpc) is 3.05. The second-order valence-corrected chi connectivity index (χ2v) is 5.54. The first-order chi connectivity index (χ1) is 10.6. The molecule has 0 fully saturated rings. The quantitative estimate of drug-likeness (QED) is 0.652. The van der Waals surface area contributed by atoms with Gasteiger partial charge in [0.1, 0.15) is 5.56 Å². The van der Waals surface area contributed by atoms with Crippen LogP contribution < -0.4 is 10.1 Å². The van der Waals surface area contributed by atoms with E-state index in [0.29, 0.717) is 6.42 Å². The molecule has 0 aliphatic heterocycles. The van der Waals surface area contributed by atoms with Crippen LogP contribution in [0.15, 0.2) is 35.7 Å². The van der Waals surface area contributed by atoms with Crippen molar-refractivity contribution < 1.29 is 14.5 Å². The minimum absolute atomic E-state index is 0.000596. The summed E-state index contributed by atoms with van der Waals surface area (Å²) in [6.07, 6.45) is 0.698. The number of hydrogen-bond donors (Lipinski definition) is 1. The van der Waals surface area contributed by atoms with E-state index in [1.807, 2.05) is 24.4 Å². The summed E-state index contributed by atoms with van der Waals surface area (Å²) in [5, 5.41) is 16.0. The first kappa shape index (κ1) is 16.0. The molecular formula is C15H16N2O4S. The van der Waals surface area contributed by atoms with Crippen LogP contribution in [-0.2, 0) is 0 Å². The molecule has 0 unspecified atom stereocenters. The van der Waals surface area contributed by atoms with Crippen LogP contribution in [0, 0.1) is 10.1 Å². The van der Waals surface area contributed by atoms with E-state index in [2.05, 4.69) is 5.32 Å². The fourth-order valence-electron chi connectivity index (χ4n) is 2.16. The number of benzene rings is 1. The first-order valence-electron chi connectivity index (χ1n) is 6.74. The lowest BCUT2D eigenvalue weighted by molar-refractivity contribution is -0.386. The van der Waals surface area contributed by atoms with Crippen molar-refractivity contribution >= 4 is 22.9 Å². The Kier molecular flexibility index (Phi) is 5.11. The van der Waals surface area contributed by atoms with Gasteiger partial charge in [0.25, 0.3) is 5.91 Å². The zero-order valence-electron chi connectivity index (χ0n) is 12.2. The number of nitro benzene ring substituents is 1. The molecule has 6 nitrogen and oxygen atoms in total. The van der Waals surface area contributed by atoms with Crippen molar-refractivity contribution in [1.82, 2.24) is 5.32 Å². The molecule has 0 saturated carbocycles. The van der Waals surface area contributed by atoms with Crippen LogP contribution >= 0.6 is 11.3 Å². The Bertz CT molecular complexity index is 670. The van der Waals surface area contributed by atoms with Gasteiger partial charge in [0.05, 0.1) is 18.1 Å². The number of rotatable bonds is 6. The van der Waals surface area contributed by atoms with E-state index >= 15 is 0 Å². The topological polar surface area (TPSA) is 81.5 Å². The molecule has 1 aromatic carbocycles. The SMILES string of the molecule is CC[C@@H](NC(=O)c1cccc(OC)c1[N+](=O)[O-])c1cccs1. The Morgan fingerprint density at radius 1 is 1.41 bits per heavy atom. The van der Waals surface area contributed by atoms with Crippen molar-refractivity contribution in [3.8, 4) is 5.75 Å². The maximum absolute atomic E-state index is 12.4. The summed E-state index contributed by atoms with van der Waals surface area (Å²) in [5.74, 6) is -0.410. The van der Waals surface area contributed by atoms with Gasteiger partial charge in [-0.1, -0.05) is 19.1 Å². The van der Waals surface area contributed by atoms with Gasteiger partial charge in [-0.3, -0.25) is 14.9 Å². The van der Waals surface area contributed by atoms with Gasteiger partial charge < -0.3 is 10.1 Å². The second kappa shape index (κ2) is 7.04. The molecule has 1 atom stereocenters. The van der Waals surface area contributed by atoms with Crippen molar-refractivity contribution in [2.45, 2.75) is 19.4 Å². The summed E-state index contributed by atoms with van der Waals surface area (Å²) in [5.41, 5.74) is -0.317. The lowest BCUT2D eigenvalue weighted by atomic mass is 10.1. The maximum atomic E-state index is 12.4. The largest absolute Gasteiger partial charge is 0.490 e. The smallest absolute Gasteiger partial charge is 0.323 e. The summed E-state index contributed by atoms with van der Waals surface area (Å²) in [4.78, 5) is 24.1. The van der Waals surface area contributed by atoms with Crippen LogP contribution in [-0.4, -0.2) is 17.9 Å². The Morgan fingerprint density at radius 3 is 2.73 bits per heavy atom. The van der Waals surface area contributed by atoms with Crippen LogP contribution in [0.5, 0.6) is 5.75 Å². The molecule has 7 heteroatoms. The van der Waals surface area contributed by atoms with E-state index in [-0.39, 0.29) is 23.0 Å². The van der Waals surface area contributed by atoms with Gasteiger partial charge in [0, 0.05) is 4.88 Å². The lowest BCUT2D eigenvalue weighted by Gasteiger charge is -2.16. The van der Waals surface area contributed by atoms with Crippen molar-refractivity contribution in [2.75, 3.05) is 7.11 Å². The predicted molar refractivity (Wildman–Crippen MR) is 84.5 cm³/mol. The van der Waals surface area contributed by atoms with Gasteiger partial charge in [-0.15, -0.1) is 11.3 Å². The molecule has 22 heavy (non-hydrogen) atoms. The van der Waals surface area contributed by atoms with Crippen molar-refractivity contribution in [1.29, 1.82) is 0 Å². The van der Waals surface area contributed by atoms with Gasteiger partial charge in [-0.05, 0) is 30.0 Å². The average molecular weight is 320 g/mol. The summed E-state index contributed by atoms with van der Waals surface area (Å²) in [6.45, 7) is 1.95. The zero-order valence-corrected chi connectivity index (χ0v) is 13.1. The number of thiophene rings is 1. The van der Waals surface area contributed by atoms with Crippen molar-refractivity contribution in [2.24, 2.45) is 0 Å². The highest BCUT2D eigenvalue weighted by Gasteiger charge is 2.26. The molecule has 116 valence electrons. The normalized spacial score (nSPS) is 11.7. The summed E-state index contributed by atoms with van der Waals surface area (Å²) in [7, 11) is 1.34. The van der Waals surface area contributed by atoms with Gasteiger partial charge in [-0.25, -0.2) is 0 Å². The van der Waals surface area contributed by atoms with Crippen molar-refractivity contribution in [3.63, 3.8) is 0 Å². The van der Waals surface area contributed by atoms with Crippen LogP contribution in [0.4, 0.5) is 5.69 Å². The monoisotopic (exact) mass is 320 g/mol. The number of ether oxygens (including phenoxy) is 1. The molecular weight excluding hydrogens is 304 g/mol. The highest BCUT2D eigenvalue weighted by molar-refractivity contribution is 7.10. The molecule has 1 aromatic heterocycles. The molecule has 2 aromatic rings. The number of nitro groups is 1. The van der Waals surface area contributed by atoms with Gasteiger partial charge in [0.15, 0.2) is 5.75 Å². The third-order valence-corrected chi connectivity index (χ3v) is 4.23. The number of nitrogens with zero attached hydrogens (tertiary/aromatic N) is 1. The van der Waals surface area contributed by atoms with Crippen LogP contribution in [0.25, 0.3) is 0 Å². The lowest BCUT2D eigenvalue weighted by Crippen LogP contribution is -2.28. The molecule has 1 amide bonds. The summed E-state index contributed by atoms with van der Waals surface area (Å²) in [6, 6.07) is 8.12. The predicted octanol–water partition coefficient (Wildman–Crippen LogP) is 3.55. The molecule has 1 heterocycles. The summed E-state index contributed by atoms with van der Waals surface area (Å²) < 4.78 is 4.98. The standard InChI is InChI=1S/C15H16N2O4S/c1-3-11(13-8-5-9-22-13)16-15(18)10-6-4-7-12(21-2)14(10)17(19)20/h4-9,11H,3H2,1-2H3,(H,16,18)/t11-/m1/s1. The zero-order chi connectivity index (χ0) is 16.1. The molecule has 0 aliphatic rings. The molecule has 0 spiro atoms. The number of nitrogens with one attached hydrogen (secondary N) is 1. The van der Waals surface area contributed by atoms with Gasteiger partial charge in [-0.2, -0.15) is 0 Å². The number of amides is 1.